The molecule has 0 aliphatic carbocycles. The second-order valence-electron chi connectivity index (χ2n) is 5.00. The van der Waals surface area contributed by atoms with Crippen LogP contribution in [0, 0.1) is 6.92 Å². The average Bonchev–Trinajstić information content (AvgIpc) is 2.92. The highest BCUT2D eigenvalue weighted by molar-refractivity contribution is 7.99. The lowest BCUT2D eigenvalue weighted by Crippen LogP contribution is -2.14. The summed E-state index contributed by atoms with van der Waals surface area (Å²) in [6.07, 6.45) is 0. The Morgan fingerprint density at radius 2 is 2.13 bits per heavy atom. The van der Waals surface area contributed by atoms with Crippen molar-refractivity contribution in [3.63, 3.8) is 0 Å². The Kier molecular flexibility index (Phi) is 4.80. The van der Waals surface area contributed by atoms with Gasteiger partial charge in [0, 0.05) is 0 Å². The Labute approximate surface area is 147 Å². The smallest absolute Gasteiger partial charge is 0.234 e. The molecule has 2 N–H and O–H groups in total. The fourth-order valence-corrected chi connectivity index (χ4v) is 3.12. The molecule has 7 heteroatoms. The number of aromatic nitrogens is 2. The van der Waals surface area contributed by atoms with Crippen LogP contribution in [0.5, 0.6) is 0 Å². The van der Waals surface area contributed by atoms with Crippen LogP contribution in [0.25, 0.3) is 11.0 Å². The maximum absolute atomic E-state index is 12.0. The molecule has 0 fully saturated rings. The van der Waals surface area contributed by atoms with E-state index in [2.05, 4.69) is 15.3 Å². The van der Waals surface area contributed by atoms with Crippen LogP contribution in [0.3, 0.4) is 0 Å². The number of aromatic amines is 1. The van der Waals surface area contributed by atoms with Gasteiger partial charge in [-0.05, 0) is 36.8 Å². The van der Waals surface area contributed by atoms with Gasteiger partial charge in [-0.1, -0.05) is 47.1 Å². The highest BCUT2D eigenvalue weighted by Crippen LogP contribution is 2.29. The molecule has 0 spiro atoms. The van der Waals surface area contributed by atoms with Crippen LogP contribution in [0.4, 0.5) is 5.69 Å². The molecule has 1 heterocycles. The largest absolute Gasteiger partial charge is 0.333 e. The number of aryl methyl sites for hydroxylation is 1. The van der Waals surface area contributed by atoms with Crippen molar-refractivity contribution in [3.05, 3.63) is 52.0 Å². The number of carbonyl (C=O) groups excluding carboxylic acids is 1. The highest BCUT2D eigenvalue weighted by Gasteiger charge is 2.10. The Balaban J connectivity index is 1.65. The third-order valence-corrected chi connectivity index (χ3v) is 4.87. The van der Waals surface area contributed by atoms with Gasteiger partial charge in [0.2, 0.25) is 5.91 Å². The summed E-state index contributed by atoms with van der Waals surface area (Å²) in [6.45, 7) is 2.02. The molecular weight excluding hydrogens is 353 g/mol. The monoisotopic (exact) mass is 365 g/mol. The van der Waals surface area contributed by atoms with Crippen molar-refractivity contribution in [1.29, 1.82) is 0 Å². The zero-order chi connectivity index (χ0) is 16.4. The number of thioether (sulfide) groups is 1. The standard InChI is InChI=1S/C16H13Cl2N3OS/c1-9-5-6-11-13(7-9)21-16(20-11)23-8-14(22)19-12-4-2-3-10(17)15(12)18/h2-7H,8H2,1H3,(H,19,22)(H,20,21). The molecule has 0 saturated heterocycles. The minimum absolute atomic E-state index is 0.171. The third kappa shape index (κ3) is 3.80. The lowest BCUT2D eigenvalue weighted by molar-refractivity contribution is -0.113. The molecule has 1 amide bonds. The van der Waals surface area contributed by atoms with E-state index >= 15 is 0 Å². The van der Waals surface area contributed by atoms with Crippen LogP contribution in [0.1, 0.15) is 5.56 Å². The molecule has 2 aromatic carbocycles. The van der Waals surface area contributed by atoms with Gasteiger partial charge in [0.1, 0.15) is 0 Å². The van der Waals surface area contributed by atoms with Gasteiger partial charge >= 0.3 is 0 Å². The van der Waals surface area contributed by atoms with E-state index < -0.39 is 0 Å². The Morgan fingerprint density at radius 1 is 1.30 bits per heavy atom. The van der Waals surface area contributed by atoms with E-state index in [1.54, 1.807) is 18.2 Å². The first-order valence-electron chi connectivity index (χ1n) is 6.86. The molecule has 0 unspecified atom stereocenters. The fraction of sp³-hybridized carbons (Fsp3) is 0.125. The maximum Gasteiger partial charge on any atom is 0.234 e. The summed E-state index contributed by atoms with van der Waals surface area (Å²) >= 11 is 13.3. The first-order valence-corrected chi connectivity index (χ1v) is 8.60. The number of hydrogen-bond acceptors (Lipinski definition) is 3. The minimum atomic E-state index is -0.171. The number of nitrogens with one attached hydrogen (secondary N) is 2. The van der Waals surface area contributed by atoms with Crippen molar-refractivity contribution < 1.29 is 4.79 Å². The number of benzene rings is 2. The molecule has 4 nitrogen and oxygen atoms in total. The van der Waals surface area contributed by atoms with Gasteiger partial charge in [-0.25, -0.2) is 4.98 Å². The van der Waals surface area contributed by atoms with E-state index in [4.69, 9.17) is 23.2 Å². The Bertz CT molecular complexity index is 879. The number of anilines is 1. The number of halogens is 2. The Morgan fingerprint density at radius 3 is 2.96 bits per heavy atom. The molecule has 0 aliphatic rings. The van der Waals surface area contributed by atoms with Crippen molar-refractivity contribution in [1.82, 2.24) is 9.97 Å². The van der Waals surface area contributed by atoms with E-state index in [1.165, 1.54) is 11.8 Å². The number of imidazole rings is 1. The number of carbonyl (C=O) groups is 1. The molecule has 23 heavy (non-hydrogen) atoms. The van der Waals surface area contributed by atoms with Gasteiger partial charge in [0.25, 0.3) is 0 Å². The molecule has 0 atom stereocenters. The molecule has 3 rings (SSSR count). The van der Waals surface area contributed by atoms with E-state index in [0.717, 1.165) is 16.6 Å². The third-order valence-electron chi connectivity index (χ3n) is 3.18. The second-order valence-corrected chi connectivity index (χ2v) is 6.75. The summed E-state index contributed by atoms with van der Waals surface area (Å²) in [5.74, 6) is 0.0533. The van der Waals surface area contributed by atoms with Gasteiger partial charge in [0.05, 0.1) is 32.5 Å². The molecule has 0 saturated carbocycles. The van der Waals surface area contributed by atoms with Crippen molar-refractivity contribution in [2.45, 2.75) is 12.1 Å². The topological polar surface area (TPSA) is 57.8 Å². The average molecular weight is 366 g/mol. The quantitative estimate of drug-likeness (QED) is 0.645. The van der Waals surface area contributed by atoms with Crippen molar-refractivity contribution in [3.8, 4) is 0 Å². The van der Waals surface area contributed by atoms with Crippen molar-refractivity contribution >= 4 is 57.6 Å². The maximum atomic E-state index is 12.0. The molecule has 118 valence electrons. The molecule has 1 aromatic heterocycles. The minimum Gasteiger partial charge on any atom is -0.333 e. The highest BCUT2D eigenvalue weighted by atomic mass is 35.5. The number of H-pyrrole nitrogens is 1. The molecular formula is C16H13Cl2N3OS. The second kappa shape index (κ2) is 6.83. The molecule has 3 aromatic rings. The lowest BCUT2D eigenvalue weighted by atomic mass is 10.2. The Hall–Kier alpha value is -1.69. The summed E-state index contributed by atoms with van der Waals surface area (Å²) in [5, 5.41) is 4.20. The molecule has 0 radical (unpaired) electrons. The molecule has 0 bridgehead atoms. The summed E-state index contributed by atoms with van der Waals surface area (Å²) in [6, 6.07) is 11.1. The normalized spacial score (nSPS) is 10.9. The van der Waals surface area contributed by atoms with Crippen molar-refractivity contribution in [2.75, 3.05) is 11.1 Å². The zero-order valence-electron chi connectivity index (χ0n) is 12.2. The number of fused-ring (bicyclic) bond motifs is 1. The van der Waals surface area contributed by atoms with Gasteiger partial charge in [-0.15, -0.1) is 0 Å². The van der Waals surface area contributed by atoms with Crippen molar-refractivity contribution in [2.24, 2.45) is 0 Å². The number of hydrogen-bond donors (Lipinski definition) is 2. The number of amides is 1. The van der Waals surface area contributed by atoms with E-state index in [-0.39, 0.29) is 11.7 Å². The number of rotatable bonds is 4. The van der Waals surface area contributed by atoms with E-state index in [1.807, 2.05) is 25.1 Å². The van der Waals surface area contributed by atoms with Crippen LogP contribution in [0.15, 0.2) is 41.6 Å². The first kappa shape index (κ1) is 16.2. The van der Waals surface area contributed by atoms with Gasteiger partial charge < -0.3 is 10.3 Å². The summed E-state index contributed by atoms with van der Waals surface area (Å²) in [7, 11) is 0. The number of nitrogens with zero attached hydrogens (tertiary/aromatic N) is 1. The van der Waals surface area contributed by atoms with Crippen LogP contribution < -0.4 is 5.32 Å². The summed E-state index contributed by atoms with van der Waals surface area (Å²) in [5.41, 5.74) is 3.51. The van der Waals surface area contributed by atoms with Crippen LogP contribution in [-0.4, -0.2) is 21.6 Å². The molecule has 0 aliphatic heterocycles. The lowest BCUT2D eigenvalue weighted by Gasteiger charge is -2.07. The van der Waals surface area contributed by atoms with E-state index in [9.17, 15) is 4.79 Å². The van der Waals surface area contributed by atoms with Crippen LogP contribution in [0.2, 0.25) is 10.0 Å². The predicted octanol–water partition coefficient (Wildman–Crippen LogP) is 4.91. The van der Waals surface area contributed by atoms with Gasteiger partial charge in [0.15, 0.2) is 5.16 Å². The zero-order valence-corrected chi connectivity index (χ0v) is 14.5. The van der Waals surface area contributed by atoms with Crippen LogP contribution in [-0.2, 0) is 4.79 Å². The van der Waals surface area contributed by atoms with E-state index in [0.29, 0.717) is 20.9 Å². The summed E-state index contributed by atoms with van der Waals surface area (Å²) in [4.78, 5) is 19.7. The summed E-state index contributed by atoms with van der Waals surface area (Å²) < 4.78 is 0. The fourth-order valence-electron chi connectivity index (χ4n) is 2.09. The van der Waals surface area contributed by atoms with Crippen LogP contribution >= 0.6 is 35.0 Å². The van der Waals surface area contributed by atoms with Gasteiger partial charge in [-0.3, -0.25) is 4.79 Å². The predicted molar refractivity (Wildman–Crippen MR) is 96.6 cm³/mol. The SMILES string of the molecule is Cc1ccc2nc(SCC(=O)Nc3cccc(Cl)c3Cl)[nH]c2c1. The first-order chi connectivity index (χ1) is 11.0. The van der Waals surface area contributed by atoms with Gasteiger partial charge in [-0.2, -0.15) is 0 Å².